The first kappa shape index (κ1) is 21.6. The number of sulfonamides is 1. The second-order valence-electron chi connectivity index (χ2n) is 7.23. The molecule has 0 bridgehead atoms. The normalized spacial score (nSPS) is 16.9. The van der Waals surface area contributed by atoms with Crippen LogP contribution in [-0.2, 0) is 10.0 Å². The summed E-state index contributed by atoms with van der Waals surface area (Å²) < 4.78 is 30.6. The SMILES string of the molecule is CC(NC(=O)c1ccc(OC2CCN(S(C)(=O)=O)CC2)c(Cl)c1)c1ccccc1. The smallest absolute Gasteiger partial charge is 0.251 e. The van der Waals surface area contributed by atoms with Crippen molar-refractivity contribution < 1.29 is 17.9 Å². The average Bonchev–Trinajstić information content (AvgIpc) is 2.70. The van der Waals surface area contributed by atoms with Gasteiger partial charge in [0.1, 0.15) is 11.9 Å². The minimum Gasteiger partial charge on any atom is -0.489 e. The van der Waals surface area contributed by atoms with Crippen molar-refractivity contribution in [3.05, 3.63) is 64.7 Å². The number of nitrogens with zero attached hydrogens (tertiary/aromatic N) is 1. The zero-order chi connectivity index (χ0) is 21.0. The molecule has 2 aromatic carbocycles. The van der Waals surface area contributed by atoms with E-state index in [-0.39, 0.29) is 18.1 Å². The van der Waals surface area contributed by atoms with Crippen molar-refractivity contribution in [3.63, 3.8) is 0 Å². The van der Waals surface area contributed by atoms with Crippen LogP contribution in [0.4, 0.5) is 0 Å². The minimum absolute atomic E-state index is 0.108. The van der Waals surface area contributed by atoms with E-state index in [0.29, 0.717) is 42.3 Å². The fourth-order valence-corrected chi connectivity index (χ4v) is 4.40. The zero-order valence-electron chi connectivity index (χ0n) is 16.5. The van der Waals surface area contributed by atoms with Gasteiger partial charge in [-0.15, -0.1) is 0 Å². The van der Waals surface area contributed by atoms with E-state index >= 15 is 0 Å². The third kappa shape index (κ3) is 5.72. The van der Waals surface area contributed by atoms with E-state index in [0.717, 1.165) is 5.56 Å². The molecule has 1 unspecified atom stereocenters. The van der Waals surface area contributed by atoms with Crippen molar-refractivity contribution in [2.75, 3.05) is 19.3 Å². The number of amides is 1. The number of benzene rings is 2. The van der Waals surface area contributed by atoms with Gasteiger partial charge in [-0.25, -0.2) is 12.7 Å². The molecule has 6 nitrogen and oxygen atoms in total. The Kier molecular flexibility index (Phi) is 6.82. The molecule has 2 aromatic rings. The summed E-state index contributed by atoms with van der Waals surface area (Å²) in [7, 11) is -3.17. The summed E-state index contributed by atoms with van der Waals surface area (Å²) in [4.78, 5) is 12.5. The molecule has 156 valence electrons. The molecule has 29 heavy (non-hydrogen) atoms. The maximum absolute atomic E-state index is 12.5. The number of hydrogen-bond acceptors (Lipinski definition) is 4. The number of carbonyl (C=O) groups excluding carboxylic acids is 1. The molecule has 1 aliphatic rings. The van der Waals surface area contributed by atoms with Crippen LogP contribution in [0.5, 0.6) is 5.75 Å². The summed E-state index contributed by atoms with van der Waals surface area (Å²) in [6.45, 7) is 2.78. The number of rotatable bonds is 6. The van der Waals surface area contributed by atoms with E-state index in [1.807, 2.05) is 37.3 Å². The van der Waals surface area contributed by atoms with Crippen molar-refractivity contribution in [1.29, 1.82) is 0 Å². The molecule has 1 saturated heterocycles. The highest BCUT2D eigenvalue weighted by molar-refractivity contribution is 7.88. The van der Waals surface area contributed by atoms with Gasteiger partial charge in [0.15, 0.2) is 0 Å². The summed E-state index contributed by atoms with van der Waals surface area (Å²) >= 11 is 6.34. The van der Waals surface area contributed by atoms with Crippen molar-refractivity contribution >= 4 is 27.5 Å². The van der Waals surface area contributed by atoms with E-state index in [1.54, 1.807) is 18.2 Å². The van der Waals surface area contributed by atoms with Crippen LogP contribution in [0.15, 0.2) is 48.5 Å². The Balaban J connectivity index is 1.59. The lowest BCUT2D eigenvalue weighted by Gasteiger charge is -2.30. The Morgan fingerprint density at radius 1 is 1.17 bits per heavy atom. The molecule has 0 aliphatic carbocycles. The van der Waals surface area contributed by atoms with Crippen LogP contribution in [0.25, 0.3) is 0 Å². The van der Waals surface area contributed by atoms with Crippen LogP contribution >= 0.6 is 11.6 Å². The molecule has 1 heterocycles. The Bertz CT molecular complexity index is 958. The minimum atomic E-state index is -3.17. The second-order valence-corrected chi connectivity index (χ2v) is 9.62. The number of ether oxygens (including phenoxy) is 1. The topological polar surface area (TPSA) is 75.7 Å². The molecule has 1 aliphatic heterocycles. The standard InChI is InChI=1S/C21H25ClN2O4S/c1-15(16-6-4-3-5-7-16)23-21(25)17-8-9-20(19(22)14-17)28-18-10-12-24(13-11-18)29(2,26)27/h3-9,14-15,18H,10-13H2,1-2H3,(H,23,25). The van der Waals surface area contributed by atoms with E-state index in [9.17, 15) is 13.2 Å². The van der Waals surface area contributed by atoms with Crippen LogP contribution in [-0.4, -0.2) is 44.1 Å². The molecular weight excluding hydrogens is 412 g/mol. The molecule has 1 atom stereocenters. The van der Waals surface area contributed by atoms with Crippen molar-refractivity contribution in [2.24, 2.45) is 0 Å². The first-order valence-corrected chi connectivity index (χ1v) is 11.7. The Labute approximate surface area is 176 Å². The van der Waals surface area contributed by atoms with Gasteiger partial charge in [-0.1, -0.05) is 41.9 Å². The number of halogens is 1. The number of piperidine rings is 1. The third-order valence-electron chi connectivity index (χ3n) is 5.00. The predicted molar refractivity (Wildman–Crippen MR) is 114 cm³/mol. The van der Waals surface area contributed by atoms with Crippen LogP contribution in [0, 0.1) is 0 Å². The molecule has 1 fully saturated rings. The molecule has 3 rings (SSSR count). The molecule has 0 saturated carbocycles. The number of carbonyl (C=O) groups is 1. The van der Waals surface area contributed by atoms with Crippen LogP contribution < -0.4 is 10.1 Å². The lowest BCUT2D eigenvalue weighted by molar-refractivity contribution is 0.0939. The van der Waals surface area contributed by atoms with Gasteiger partial charge in [-0.3, -0.25) is 4.79 Å². The lowest BCUT2D eigenvalue weighted by Crippen LogP contribution is -2.41. The first-order chi connectivity index (χ1) is 13.7. The quantitative estimate of drug-likeness (QED) is 0.750. The highest BCUT2D eigenvalue weighted by Gasteiger charge is 2.26. The van der Waals surface area contributed by atoms with E-state index < -0.39 is 10.0 Å². The summed E-state index contributed by atoms with van der Waals surface area (Å²) in [6, 6.07) is 14.6. The van der Waals surface area contributed by atoms with Gasteiger partial charge >= 0.3 is 0 Å². The van der Waals surface area contributed by atoms with Gasteiger partial charge in [0.25, 0.3) is 5.91 Å². The maximum atomic E-state index is 12.5. The first-order valence-electron chi connectivity index (χ1n) is 9.51. The van der Waals surface area contributed by atoms with Crippen LogP contribution in [0.1, 0.15) is 41.7 Å². The van der Waals surface area contributed by atoms with Gasteiger partial charge in [-0.05, 0) is 43.5 Å². The van der Waals surface area contributed by atoms with E-state index in [2.05, 4.69) is 5.32 Å². The van der Waals surface area contributed by atoms with Crippen molar-refractivity contribution in [2.45, 2.75) is 31.9 Å². The van der Waals surface area contributed by atoms with E-state index in [1.165, 1.54) is 10.6 Å². The highest BCUT2D eigenvalue weighted by Crippen LogP contribution is 2.29. The van der Waals surface area contributed by atoms with Crippen molar-refractivity contribution in [3.8, 4) is 5.75 Å². The van der Waals surface area contributed by atoms with Crippen molar-refractivity contribution in [1.82, 2.24) is 9.62 Å². The molecule has 8 heteroatoms. The summed E-state index contributed by atoms with van der Waals surface area (Å²) in [5.74, 6) is 0.286. The Morgan fingerprint density at radius 3 is 2.41 bits per heavy atom. The Hall–Kier alpha value is -2.09. The number of nitrogens with one attached hydrogen (secondary N) is 1. The zero-order valence-corrected chi connectivity index (χ0v) is 18.0. The average molecular weight is 437 g/mol. The summed E-state index contributed by atoms with van der Waals surface area (Å²) in [5, 5.41) is 3.32. The number of hydrogen-bond donors (Lipinski definition) is 1. The molecule has 0 radical (unpaired) electrons. The molecule has 0 spiro atoms. The molecule has 0 aromatic heterocycles. The summed E-state index contributed by atoms with van der Waals surface area (Å²) in [5.41, 5.74) is 1.48. The van der Waals surface area contributed by atoms with Gasteiger partial charge in [0.2, 0.25) is 10.0 Å². The van der Waals surface area contributed by atoms with E-state index in [4.69, 9.17) is 16.3 Å². The van der Waals surface area contributed by atoms with Gasteiger partial charge in [0, 0.05) is 18.7 Å². The predicted octanol–water partition coefficient (Wildman–Crippen LogP) is 3.63. The Morgan fingerprint density at radius 2 is 1.83 bits per heavy atom. The fraction of sp³-hybridized carbons (Fsp3) is 0.381. The molecule has 1 amide bonds. The highest BCUT2D eigenvalue weighted by atomic mass is 35.5. The third-order valence-corrected chi connectivity index (χ3v) is 6.60. The fourth-order valence-electron chi connectivity index (χ4n) is 3.30. The van der Waals surface area contributed by atoms with Gasteiger partial charge in [0.05, 0.1) is 17.3 Å². The largest absolute Gasteiger partial charge is 0.489 e. The summed E-state index contributed by atoms with van der Waals surface area (Å²) in [6.07, 6.45) is 2.30. The van der Waals surface area contributed by atoms with Crippen LogP contribution in [0.3, 0.4) is 0 Å². The molecular formula is C21H25ClN2O4S. The lowest BCUT2D eigenvalue weighted by atomic mass is 10.1. The van der Waals surface area contributed by atoms with Gasteiger partial charge in [-0.2, -0.15) is 0 Å². The monoisotopic (exact) mass is 436 g/mol. The second kappa shape index (κ2) is 9.15. The molecule has 1 N–H and O–H groups in total. The van der Waals surface area contributed by atoms with Crippen LogP contribution in [0.2, 0.25) is 5.02 Å². The van der Waals surface area contributed by atoms with Gasteiger partial charge < -0.3 is 10.1 Å². The maximum Gasteiger partial charge on any atom is 0.251 e.